The third kappa shape index (κ3) is 4.59. The Hall–Kier alpha value is -3.64. The summed E-state index contributed by atoms with van der Waals surface area (Å²) in [4.78, 5) is 22.3. The van der Waals surface area contributed by atoms with Crippen LogP contribution in [0.5, 0.6) is 0 Å². The second-order valence-corrected chi connectivity index (χ2v) is 7.37. The number of piperazine rings is 1. The lowest BCUT2D eigenvalue weighted by atomic mass is 10.2. The highest BCUT2D eigenvalue weighted by Gasteiger charge is 2.26. The minimum absolute atomic E-state index is 0.0748. The summed E-state index contributed by atoms with van der Waals surface area (Å²) in [6.45, 7) is 2.90. The van der Waals surface area contributed by atoms with Crippen LogP contribution in [-0.4, -0.2) is 60.5 Å². The Kier molecular flexibility index (Phi) is 6.00. The fourth-order valence-electron chi connectivity index (χ4n) is 3.50. The van der Waals surface area contributed by atoms with Crippen molar-refractivity contribution in [1.29, 1.82) is 5.26 Å². The highest BCUT2D eigenvalue weighted by Crippen LogP contribution is 2.29. The second-order valence-electron chi connectivity index (χ2n) is 7.37. The summed E-state index contributed by atoms with van der Waals surface area (Å²) in [5.41, 5.74) is 0.699. The minimum Gasteiger partial charge on any atom is -0.459 e. The number of furan rings is 1. The van der Waals surface area contributed by atoms with Gasteiger partial charge in [0.15, 0.2) is 5.76 Å². The van der Waals surface area contributed by atoms with Gasteiger partial charge in [0, 0.05) is 45.3 Å². The number of carbonyl (C=O) groups is 1. The molecule has 31 heavy (non-hydrogen) atoms. The quantitative estimate of drug-likeness (QED) is 0.602. The molecule has 1 aliphatic rings. The van der Waals surface area contributed by atoms with Crippen LogP contribution in [0, 0.1) is 17.1 Å². The van der Waals surface area contributed by atoms with Crippen LogP contribution in [0.1, 0.15) is 11.3 Å². The molecule has 1 fully saturated rings. The van der Waals surface area contributed by atoms with Gasteiger partial charge in [0.05, 0.1) is 12.8 Å². The summed E-state index contributed by atoms with van der Waals surface area (Å²) in [6, 6.07) is 12.0. The molecule has 0 saturated carbocycles. The number of oxazole rings is 1. The zero-order chi connectivity index (χ0) is 21.8. The van der Waals surface area contributed by atoms with E-state index in [0.29, 0.717) is 43.4 Å². The molecule has 8 nitrogen and oxygen atoms in total. The molecular formula is C22H22FN5O3. The largest absolute Gasteiger partial charge is 0.459 e. The molecule has 1 saturated heterocycles. The van der Waals surface area contributed by atoms with Crippen LogP contribution in [0.3, 0.4) is 0 Å². The van der Waals surface area contributed by atoms with Crippen molar-refractivity contribution < 1.29 is 18.0 Å². The van der Waals surface area contributed by atoms with E-state index in [1.165, 1.54) is 17.2 Å². The van der Waals surface area contributed by atoms with Gasteiger partial charge in [-0.1, -0.05) is 18.2 Å². The first kappa shape index (κ1) is 20.6. The van der Waals surface area contributed by atoms with E-state index in [1.54, 1.807) is 37.4 Å². The van der Waals surface area contributed by atoms with E-state index >= 15 is 0 Å². The first-order chi connectivity index (χ1) is 15.0. The van der Waals surface area contributed by atoms with Crippen molar-refractivity contribution in [1.82, 2.24) is 14.8 Å². The zero-order valence-electron chi connectivity index (χ0n) is 17.1. The second kappa shape index (κ2) is 9.02. The maximum atomic E-state index is 13.8. The molecule has 0 spiro atoms. The highest BCUT2D eigenvalue weighted by atomic mass is 19.1. The Labute approximate surface area is 179 Å². The molecule has 0 N–H and O–H groups in total. The van der Waals surface area contributed by atoms with Crippen molar-refractivity contribution in [2.75, 3.05) is 44.7 Å². The molecule has 3 aromatic rings. The molecule has 0 bridgehead atoms. The molecular weight excluding hydrogens is 401 g/mol. The minimum atomic E-state index is -0.315. The van der Waals surface area contributed by atoms with E-state index in [2.05, 4.69) is 11.1 Å². The Bertz CT molecular complexity index is 1080. The lowest BCUT2D eigenvalue weighted by molar-refractivity contribution is -0.131. The van der Waals surface area contributed by atoms with Crippen LogP contribution < -0.4 is 4.90 Å². The van der Waals surface area contributed by atoms with Gasteiger partial charge in [-0.2, -0.15) is 10.2 Å². The van der Waals surface area contributed by atoms with Gasteiger partial charge >= 0.3 is 0 Å². The average molecular weight is 423 g/mol. The number of likely N-dealkylation sites (N-methyl/N-ethyl adjacent to an activating group) is 1. The van der Waals surface area contributed by atoms with E-state index < -0.39 is 0 Å². The Morgan fingerprint density at radius 2 is 2.00 bits per heavy atom. The molecule has 160 valence electrons. The number of hydrogen-bond donors (Lipinski definition) is 0. The fraction of sp³-hybridized carbons (Fsp3) is 0.318. The number of aromatic nitrogens is 1. The SMILES string of the molecule is CN(Cc1ccccc1F)C(=O)CN1CCN(c2oc(-c3ccco3)nc2C#N)CC1. The predicted molar refractivity (Wildman–Crippen MR) is 110 cm³/mol. The number of anilines is 1. The predicted octanol–water partition coefficient (Wildman–Crippen LogP) is 2.73. The van der Waals surface area contributed by atoms with Crippen molar-refractivity contribution in [3.05, 3.63) is 59.7 Å². The number of rotatable bonds is 6. The number of nitriles is 1. The van der Waals surface area contributed by atoms with Crippen molar-refractivity contribution >= 4 is 11.8 Å². The molecule has 0 unspecified atom stereocenters. The number of carbonyl (C=O) groups excluding carboxylic acids is 1. The maximum absolute atomic E-state index is 13.8. The smallest absolute Gasteiger partial charge is 0.266 e. The summed E-state index contributed by atoms with van der Waals surface area (Å²) in [7, 11) is 1.68. The van der Waals surface area contributed by atoms with E-state index in [0.717, 1.165) is 0 Å². The van der Waals surface area contributed by atoms with Crippen molar-refractivity contribution in [2.45, 2.75) is 6.54 Å². The first-order valence-electron chi connectivity index (χ1n) is 9.94. The van der Waals surface area contributed by atoms with Crippen molar-refractivity contribution in [2.24, 2.45) is 0 Å². The number of nitrogens with zero attached hydrogens (tertiary/aromatic N) is 5. The molecule has 0 aliphatic carbocycles. The molecule has 3 heterocycles. The number of amides is 1. The summed E-state index contributed by atoms with van der Waals surface area (Å²) in [5.74, 6) is 0.754. The molecule has 1 aromatic carbocycles. The average Bonchev–Trinajstić information content (AvgIpc) is 3.45. The lowest BCUT2D eigenvalue weighted by Crippen LogP contribution is -2.49. The third-order valence-electron chi connectivity index (χ3n) is 5.26. The summed E-state index contributed by atoms with van der Waals surface area (Å²) in [5, 5.41) is 9.42. The molecule has 4 rings (SSSR count). The van der Waals surface area contributed by atoms with Gasteiger partial charge in [-0.15, -0.1) is 0 Å². The molecule has 0 atom stereocenters. The number of halogens is 1. The van der Waals surface area contributed by atoms with Crippen LogP contribution in [0.25, 0.3) is 11.7 Å². The van der Waals surface area contributed by atoms with E-state index in [9.17, 15) is 14.4 Å². The highest BCUT2D eigenvalue weighted by molar-refractivity contribution is 5.78. The van der Waals surface area contributed by atoms with E-state index in [4.69, 9.17) is 8.83 Å². The normalized spacial score (nSPS) is 14.4. The summed E-state index contributed by atoms with van der Waals surface area (Å²) >= 11 is 0. The summed E-state index contributed by atoms with van der Waals surface area (Å²) < 4.78 is 24.9. The van der Waals surface area contributed by atoms with Gasteiger partial charge in [-0.05, 0) is 18.2 Å². The number of hydrogen-bond acceptors (Lipinski definition) is 7. The molecule has 1 aliphatic heterocycles. The standard InChI is InChI=1S/C22H22FN5O3/c1-26(14-16-5-2-3-6-17(16)23)20(29)15-27-8-10-28(11-9-27)22-18(13-24)25-21(31-22)19-7-4-12-30-19/h2-7,12H,8-11,14-15H2,1H3. The zero-order valence-corrected chi connectivity index (χ0v) is 17.1. The van der Waals surface area contributed by atoms with Crippen molar-refractivity contribution in [3.63, 3.8) is 0 Å². The molecule has 9 heteroatoms. The third-order valence-corrected chi connectivity index (χ3v) is 5.26. The van der Waals surface area contributed by atoms with Crippen molar-refractivity contribution in [3.8, 4) is 17.7 Å². The van der Waals surface area contributed by atoms with Crippen LogP contribution in [-0.2, 0) is 11.3 Å². The fourth-order valence-corrected chi connectivity index (χ4v) is 3.50. The molecule has 2 aromatic heterocycles. The lowest BCUT2D eigenvalue weighted by Gasteiger charge is -2.34. The van der Waals surface area contributed by atoms with Crippen LogP contribution >= 0.6 is 0 Å². The molecule has 0 radical (unpaired) electrons. The van der Waals surface area contributed by atoms with E-state index in [1.807, 2.05) is 9.80 Å². The van der Waals surface area contributed by atoms with Gasteiger partial charge in [0.1, 0.15) is 11.9 Å². The van der Waals surface area contributed by atoms with Gasteiger partial charge in [0.2, 0.25) is 17.5 Å². The van der Waals surface area contributed by atoms with Crippen LogP contribution in [0.15, 0.2) is 51.5 Å². The first-order valence-corrected chi connectivity index (χ1v) is 9.94. The van der Waals surface area contributed by atoms with Crippen LogP contribution in [0.2, 0.25) is 0 Å². The summed E-state index contributed by atoms with van der Waals surface area (Å²) in [6.07, 6.45) is 1.52. The Morgan fingerprint density at radius 3 is 2.68 bits per heavy atom. The maximum Gasteiger partial charge on any atom is 0.266 e. The monoisotopic (exact) mass is 423 g/mol. The Morgan fingerprint density at radius 1 is 1.23 bits per heavy atom. The van der Waals surface area contributed by atoms with Gasteiger partial charge in [0.25, 0.3) is 5.89 Å². The van der Waals surface area contributed by atoms with E-state index in [-0.39, 0.29) is 36.4 Å². The van der Waals surface area contributed by atoms with Gasteiger partial charge in [-0.3, -0.25) is 9.69 Å². The molecule has 1 amide bonds. The Balaban J connectivity index is 1.33. The van der Waals surface area contributed by atoms with Gasteiger partial charge < -0.3 is 18.6 Å². The number of benzene rings is 1. The van der Waals surface area contributed by atoms with Crippen LogP contribution in [0.4, 0.5) is 10.3 Å². The topological polar surface area (TPSA) is 89.8 Å². The van der Waals surface area contributed by atoms with Gasteiger partial charge in [-0.25, -0.2) is 4.39 Å².